The number of nitrogens with zero attached hydrogens (tertiary/aromatic N) is 1. The van der Waals surface area contributed by atoms with Crippen molar-refractivity contribution in [1.82, 2.24) is 4.98 Å². The number of benzene rings is 2. The smallest absolute Gasteiger partial charge is 0.127 e. The second kappa shape index (κ2) is 9.56. The van der Waals surface area contributed by atoms with Crippen LogP contribution in [0, 0.1) is 0 Å². The highest BCUT2D eigenvalue weighted by atomic mass is 35.5. The molecule has 0 bridgehead atoms. The Kier molecular flexibility index (Phi) is 7.43. The summed E-state index contributed by atoms with van der Waals surface area (Å²) in [5, 5.41) is 1.21. The zero-order valence-electron chi connectivity index (χ0n) is 15.4. The van der Waals surface area contributed by atoms with Crippen LogP contribution in [-0.4, -0.2) is 4.98 Å². The molecule has 0 radical (unpaired) electrons. The maximum absolute atomic E-state index is 6.35. The quantitative estimate of drug-likeness (QED) is 0.574. The van der Waals surface area contributed by atoms with Gasteiger partial charge in [-0.05, 0) is 47.6 Å². The van der Waals surface area contributed by atoms with Gasteiger partial charge in [-0.15, -0.1) is 12.4 Å². The van der Waals surface area contributed by atoms with Crippen molar-refractivity contribution in [3.63, 3.8) is 0 Å². The van der Waals surface area contributed by atoms with Gasteiger partial charge in [-0.1, -0.05) is 62.2 Å². The first-order chi connectivity index (χ1) is 12.2. The molecule has 4 N–H and O–H groups in total. The highest BCUT2D eigenvalue weighted by molar-refractivity contribution is 5.86. The number of hydrogen-bond acceptors (Lipinski definition) is 3. The predicted octanol–water partition coefficient (Wildman–Crippen LogP) is 5.02. The molecule has 0 unspecified atom stereocenters. The lowest BCUT2D eigenvalue weighted by Crippen LogP contribution is -2.06. The van der Waals surface area contributed by atoms with Gasteiger partial charge in [-0.3, -0.25) is 0 Å². The van der Waals surface area contributed by atoms with E-state index >= 15 is 0 Å². The minimum Gasteiger partial charge on any atom is -0.383 e. The molecule has 1 aromatic heterocycles. The maximum Gasteiger partial charge on any atom is 0.127 e. The van der Waals surface area contributed by atoms with Gasteiger partial charge < -0.3 is 11.5 Å². The van der Waals surface area contributed by atoms with E-state index in [-0.39, 0.29) is 12.4 Å². The van der Waals surface area contributed by atoms with Crippen LogP contribution in [0.25, 0.3) is 10.9 Å². The van der Waals surface area contributed by atoms with Crippen molar-refractivity contribution in [2.24, 2.45) is 5.73 Å². The summed E-state index contributed by atoms with van der Waals surface area (Å²) in [6.07, 6.45) is 5.42. The average molecular weight is 370 g/mol. The number of fused-ring (bicyclic) bond motifs is 1. The van der Waals surface area contributed by atoms with Crippen molar-refractivity contribution in [2.75, 3.05) is 5.73 Å². The average Bonchev–Trinajstić information content (AvgIpc) is 2.64. The Labute approximate surface area is 162 Å². The van der Waals surface area contributed by atoms with Crippen LogP contribution in [0.5, 0.6) is 0 Å². The number of halogens is 1. The van der Waals surface area contributed by atoms with E-state index in [0.717, 1.165) is 30.3 Å². The molecule has 0 spiro atoms. The molecule has 4 heteroatoms. The summed E-state index contributed by atoms with van der Waals surface area (Å²) in [4.78, 5) is 4.65. The topological polar surface area (TPSA) is 64.9 Å². The van der Waals surface area contributed by atoms with Gasteiger partial charge in [0.05, 0.1) is 5.52 Å². The van der Waals surface area contributed by atoms with E-state index < -0.39 is 0 Å². The first-order valence-electron chi connectivity index (χ1n) is 9.16. The number of nitrogen functional groups attached to an aromatic ring is 1. The van der Waals surface area contributed by atoms with Crippen LogP contribution in [0.3, 0.4) is 0 Å². The Hall–Kier alpha value is -2.10. The summed E-state index contributed by atoms with van der Waals surface area (Å²) in [5.74, 6) is 0.680. The predicted molar refractivity (Wildman–Crippen MR) is 114 cm³/mol. The van der Waals surface area contributed by atoms with E-state index in [0.29, 0.717) is 12.4 Å². The number of pyridine rings is 1. The first-order valence-corrected chi connectivity index (χ1v) is 9.16. The van der Waals surface area contributed by atoms with Crippen molar-refractivity contribution in [1.29, 1.82) is 0 Å². The fourth-order valence-electron chi connectivity index (χ4n) is 3.44. The molecule has 138 valence electrons. The number of hydrogen-bond donors (Lipinski definition) is 2. The van der Waals surface area contributed by atoms with Crippen LogP contribution < -0.4 is 11.5 Å². The lowest BCUT2D eigenvalue weighted by Gasteiger charge is -2.16. The number of unbranched alkanes of at least 4 members (excludes halogenated alkanes) is 2. The lowest BCUT2D eigenvalue weighted by molar-refractivity contribution is 0.714. The number of para-hydroxylation sites is 1. The van der Waals surface area contributed by atoms with Crippen LogP contribution in [0.4, 0.5) is 5.82 Å². The molecule has 0 fully saturated rings. The molecule has 0 aliphatic carbocycles. The normalized spacial score (nSPS) is 10.7. The SMILES string of the molecule is CCCCCc1c(N)nc2ccccc2c1Cc1cccc(CN)c1.Cl. The van der Waals surface area contributed by atoms with Crippen LogP contribution in [0.15, 0.2) is 48.5 Å². The van der Waals surface area contributed by atoms with E-state index in [9.17, 15) is 0 Å². The first kappa shape index (κ1) is 20.2. The maximum atomic E-state index is 6.35. The molecule has 0 aliphatic heterocycles. The van der Waals surface area contributed by atoms with Gasteiger partial charge in [-0.25, -0.2) is 4.98 Å². The van der Waals surface area contributed by atoms with Crippen LogP contribution in [0.1, 0.15) is 48.4 Å². The van der Waals surface area contributed by atoms with Gasteiger partial charge in [-0.2, -0.15) is 0 Å². The molecule has 3 aromatic rings. The summed E-state index contributed by atoms with van der Waals surface area (Å²) < 4.78 is 0. The number of anilines is 1. The molecule has 26 heavy (non-hydrogen) atoms. The summed E-state index contributed by atoms with van der Waals surface area (Å²) in [6.45, 7) is 2.79. The molecule has 0 aliphatic rings. The minimum absolute atomic E-state index is 0. The number of nitrogens with two attached hydrogens (primary N) is 2. The number of rotatable bonds is 7. The van der Waals surface area contributed by atoms with Gasteiger partial charge in [0.15, 0.2) is 0 Å². The van der Waals surface area contributed by atoms with Crippen LogP contribution >= 0.6 is 12.4 Å². The minimum atomic E-state index is 0. The number of aromatic nitrogens is 1. The lowest BCUT2D eigenvalue weighted by atomic mass is 9.92. The Bertz CT molecular complexity index is 861. The molecule has 1 heterocycles. The van der Waals surface area contributed by atoms with E-state index in [1.807, 2.05) is 12.1 Å². The zero-order chi connectivity index (χ0) is 17.6. The largest absolute Gasteiger partial charge is 0.383 e. The van der Waals surface area contributed by atoms with Crippen molar-refractivity contribution in [3.8, 4) is 0 Å². The summed E-state index contributed by atoms with van der Waals surface area (Å²) in [5.41, 5.74) is 18.1. The van der Waals surface area contributed by atoms with Gasteiger partial charge in [0.25, 0.3) is 0 Å². The van der Waals surface area contributed by atoms with Gasteiger partial charge in [0, 0.05) is 11.9 Å². The second-order valence-corrected chi connectivity index (χ2v) is 6.63. The monoisotopic (exact) mass is 369 g/mol. The third-order valence-corrected chi connectivity index (χ3v) is 4.78. The van der Waals surface area contributed by atoms with Gasteiger partial charge in [0.2, 0.25) is 0 Å². The van der Waals surface area contributed by atoms with Crippen molar-refractivity contribution in [3.05, 3.63) is 70.8 Å². The van der Waals surface area contributed by atoms with Crippen molar-refractivity contribution >= 4 is 29.1 Å². The fourth-order valence-corrected chi connectivity index (χ4v) is 3.44. The second-order valence-electron chi connectivity index (χ2n) is 6.63. The summed E-state index contributed by atoms with van der Waals surface area (Å²) in [6, 6.07) is 16.8. The van der Waals surface area contributed by atoms with E-state index in [4.69, 9.17) is 11.5 Å². The van der Waals surface area contributed by atoms with Crippen LogP contribution in [0.2, 0.25) is 0 Å². The van der Waals surface area contributed by atoms with E-state index in [1.54, 1.807) is 0 Å². The summed E-state index contributed by atoms with van der Waals surface area (Å²) >= 11 is 0. The van der Waals surface area contributed by atoms with E-state index in [2.05, 4.69) is 48.3 Å². The third kappa shape index (κ3) is 4.54. The molecule has 0 saturated carbocycles. The molecule has 2 aromatic carbocycles. The molecule has 0 amide bonds. The fraction of sp³-hybridized carbons (Fsp3) is 0.318. The molecule has 0 atom stereocenters. The molecular formula is C22H28ClN3. The summed E-state index contributed by atoms with van der Waals surface area (Å²) in [7, 11) is 0. The highest BCUT2D eigenvalue weighted by Crippen LogP contribution is 2.29. The molecular weight excluding hydrogens is 342 g/mol. The highest BCUT2D eigenvalue weighted by Gasteiger charge is 2.13. The zero-order valence-corrected chi connectivity index (χ0v) is 16.2. The molecule has 0 saturated heterocycles. The van der Waals surface area contributed by atoms with Crippen molar-refractivity contribution in [2.45, 2.75) is 45.6 Å². The third-order valence-electron chi connectivity index (χ3n) is 4.78. The Morgan fingerprint density at radius 2 is 1.69 bits per heavy atom. The Morgan fingerprint density at radius 3 is 2.46 bits per heavy atom. The molecule has 3 nitrogen and oxygen atoms in total. The van der Waals surface area contributed by atoms with Gasteiger partial charge >= 0.3 is 0 Å². The van der Waals surface area contributed by atoms with Crippen LogP contribution in [-0.2, 0) is 19.4 Å². The van der Waals surface area contributed by atoms with E-state index in [1.165, 1.54) is 34.9 Å². The Morgan fingerprint density at radius 1 is 0.923 bits per heavy atom. The van der Waals surface area contributed by atoms with Crippen molar-refractivity contribution < 1.29 is 0 Å². The van der Waals surface area contributed by atoms with Gasteiger partial charge in [0.1, 0.15) is 5.82 Å². The Balaban J connectivity index is 0.00000243. The molecule has 3 rings (SSSR count). The standard InChI is InChI=1S/C22H27N3.ClH/c1-2-3-4-11-19-20(14-16-8-7-9-17(13-16)15-23)18-10-5-6-12-21(18)25-22(19)24;/h5-10,12-13H,2-4,11,14-15,23H2,1H3,(H2,24,25);1H.